The smallest absolute Gasteiger partial charge is 0.366 e. The Kier molecular flexibility index (Phi) is 3.13. The maximum atomic E-state index is 12.8. The van der Waals surface area contributed by atoms with E-state index in [0.717, 1.165) is 18.2 Å². The maximum absolute atomic E-state index is 12.8. The number of aromatic nitrogens is 1. The number of carbonyl (C=O) groups is 1. The van der Waals surface area contributed by atoms with Crippen molar-refractivity contribution in [3.05, 3.63) is 21.9 Å². The topological polar surface area (TPSA) is 39.2 Å². The van der Waals surface area contributed by atoms with Crippen LogP contribution in [0.25, 0.3) is 6.08 Å². The Hall–Kier alpha value is -1.23. The van der Waals surface area contributed by atoms with E-state index in [0.29, 0.717) is 5.69 Å². The third kappa shape index (κ3) is 2.62. The number of rotatable bonds is 2. The van der Waals surface area contributed by atoms with Crippen molar-refractivity contribution in [1.82, 2.24) is 4.98 Å². The van der Waals surface area contributed by atoms with Gasteiger partial charge < -0.3 is 4.74 Å². The number of thiazole rings is 1. The predicted molar refractivity (Wildman–Crippen MR) is 48.0 cm³/mol. The first-order valence-electron chi connectivity index (χ1n) is 3.51. The van der Waals surface area contributed by atoms with E-state index in [2.05, 4.69) is 9.72 Å². The van der Waals surface area contributed by atoms with Gasteiger partial charge in [-0.2, -0.15) is 4.39 Å². The molecule has 0 unspecified atom stereocenters. The molecular weight excluding hydrogens is 193 g/mol. The molecule has 3 nitrogen and oxygen atoms in total. The largest absolute Gasteiger partial charge is 0.464 e. The molecule has 0 fully saturated rings. The zero-order chi connectivity index (χ0) is 9.84. The van der Waals surface area contributed by atoms with Crippen LogP contribution in [0.4, 0.5) is 4.39 Å². The van der Waals surface area contributed by atoms with E-state index in [1.54, 1.807) is 12.3 Å². The van der Waals surface area contributed by atoms with Crippen LogP contribution >= 0.6 is 11.3 Å². The van der Waals surface area contributed by atoms with Crippen LogP contribution < -0.4 is 0 Å². The van der Waals surface area contributed by atoms with Gasteiger partial charge in [0, 0.05) is 11.5 Å². The Morgan fingerprint density at radius 3 is 2.92 bits per heavy atom. The van der Waals surface area contributed by atoms with Gasteiger partial charge >= 0.3 is 5.97 Å². The molecule has 0 aliphatic carbocycles. The molecule has 0 aliphatic rings. The third-order valence-electron chi connectivity index (χ3n) is 1.29. The molecule has 0 aromatic carbocycles. The second-order valence-corrected chi connectivity index (χ2v) is 3.34. The van der Waals surface area contributed by atoms with E-state index in [1.165, 1.54) is 11.3 Å². The third-order valence-corrected chi connectivity index (χ3v) is 2.08. The molecule has 0 aliphatic heterocycles. The first kappa shape index (κ1) is 9.85. The lowest BCUT2D eigenvalue weighted by atomic mass is 10.4. The van der Waals surface area contributed by atoms with Gasteiger partial charge in [-0.15, -0.1) is 11.3 Å². The summed E-state index contributed by atoms with van der Waals surface area (Å²) in [6.45, 7) is 1.80. The molecule has 5 heteroatoms. The molecule has 0 bridgehead atoms. The Balaban J connectivity index is 2.82. The molecule has 0 radical (unpaired) electrons. The number of carbonyl (C=O) groups excluding carboxylic acids is 1. The SMILES string of the molecule is COC(=O)C(F)=Cc1csc(C)n1. The first-order valence-corrected chi connectivity index (χ1v) is 4.39. The van der Waals surface area contributed by atoms with Gasteiger partial charge in [0.05, 0.1) is 17.8 Å². The number of ether oxygens (including phenoxy) is 1. The van der Waals surface area contributed by atoms with E-state index in [4.69, 9.17) is 0 Å². The molecule has 1 rings (SSSR count). The van der Waals surface area contributed by atoms with Gasteiger partial charge in [0.2, 0.25) is 5.83 Å². The van der Waals surface area contributed by atoms with E-state index in [9.17, 15) is 9.18 Å². The zero-order valence-electron chi connectivity index (χ0n) is 7.20. The summed E-state index contributed by atoms with van der Waals surface area (Å²) in [5.74, 6) is -1.92. The maximum Gasteiger partial charge on any atom is 0.366 e. The van der Waals surface area contributed by atoms with Gasteiger partial charge in [-0.3, -0.25) is 0 Å². The van der Waals surface area contributed by atoms with E-state index in [1.807, 2.05) is 0 Å². The van der Waals surface area contributed by atoms with Crippen LogP contribution in [0.5, 0.6) is 0 Å². The summed E-state index contributed by atoms with van der Waals surface area (Å²) in [5.41, 5.74) is 0.436. The number of hydrogen-bond acceptors (Lipinski definition) is 4. The van der Waals surface area contributed by atoms with Gasteiger partial charge in [0.25, 0.3) is 0 Å². The average Bonchev–Trinajstić information content (AvgIpc) is 2.49. The van der Waals surface area contributed by atoms with Crippen molar-refractivity contribution < 1.29 is 13.9 Å². The lowest BCUT2D eigenvalue weighted by Crippen LogP contribution is -1.99. The Morgan fingerprint density at radius 1 is 1.77 bits per heavy atom. The molecule has 1 heterocycles. The van der Waals surface area contributed by atoms with Crippen LogP contribution in [0.3, 0.4) is 0 Å². The molecule has 0 saturated heterocycles. The fraction of sp³-hybridized carbons (Fsp3) is 0.250. The molecule has 13 heavy (non-hydrogen) atoms. The monoisotopic (exact) mass is 201 g/mol. The van der Waals surface area contributed by atoms with Crippen molar-refractivity contribution in [2.45, 2.75) is 6.92 Å². The minimum absolute atomic E-state index is 0.436. The van der Waals surface area contributed by atoms with Gasteiger partial charge in [-0.05, 0) is 6.92 Å². The zero-order valence-corrected chi connectivity index (χ0v) is 8.02. The van der Waals surface area contributed by atoms with Crippen molar-refractivity contribution in [3.8, 4) is 0 Å². The Bertz CT molecular complexity index is 346. The summed E-state index contributed by atoms with van der Waals surface area (Å²) >= 11 is 1.39. The van der Waals surface area contributed by atoms with Gasteiger partial charge in [0.15, 0.2) is 0 Å². The van der Waals surface area contributed by atoms with Crippen LogP contribution in [0.15, 0.2) is 11.2 Å². The van der Waals surface area contributed by atoms with Crippen molar-refractivity contribution in [3.63, 3.8) is 0 Å². The fourth-order valence-electron chi connectivity index (χ4n) is 0.733. The fourth-order valence-corrected chi connectivity index (χ4v) is 1.30. The highest BCUT2D eigenvalue weighted by atomic mass is 32.1. The molecular formula is C8H8FNO2S. The minimum atomic E-state index is -0.981. The minimum Gasteiger partial charge on any atom is -0.464 e. The predicted octanol–water partition coefficient (Wildman–Crippen LogP) is 1.93. The number of halogens is 1. The second-order valence-electron chi connectivity index (χ2n) is 2.28. The van der Waals surface area contributed by atoms with Gasteiger partial charge in [0.1, 0.15) is 0 Å². The summed E-state index contributed by atoms with van der Waals surface area (Å²) < 4.78 is 17.0. The molecule has 70 valence electrons. The Labute approximate surface area is 78.9 Å². The lowest BCUT2D eigenvalue weighted by molar-refractivity contribution is -0.137. The van der Waals surface area contributed by atoms with Crippen LogP contribution in [-0.4, -0.2) is 18.1 Å². The molecule has 0 spiro atoms. The first-order chi connectivity index (χ1) is 6.13. The standard InChI is InChI=1S/C8H8FNO2S/c1-5-10-6(4-13-5)3-7(9)8(11)12-2/h3-4H,1-2H3. The average molecular weight is 201 g/mol. The summed E-state index contributed by atoms with van der Waals surface area (Å²) in [4.78, 5) is 14.6. The highest BCUT2D eigenvalue weighted by molar-refractivity contribution is 7.09. The van der Waals surface area contributed by atoms with Crippen molar-refractivity contribution in [2.75, 3.05) is 7.11 Å². The quantitative estimate of drug-likeness (QED) is 0.542. The number of aryl methyl sites for hydroxylation is 1. The lowest BCUT2D eigenvalue weighted by Gasteiger charge is -1.92. The number of methoxy groups -OCH3 is 1. The van der Waals surface area contributed by atoms with E-state index in [-0.39, 0.29) is 0 Å². The molecule has 0 saturated carbocycles. The highest BCUT2D eigenvalue weighted by Gasteiger charge is 2.08. The van der Waals surface area contributed by atoms with Gasteiger partial charge in [-0.25, -0.2) is 9.78 Å². The number of hydrogen-bond donors (Lipinski definition) is 0. The molecule has 0 amide bonds. The van der Waals surface area contributed by atoms with E-state index >= 15 is 0 Å². The van der Waals surface area contributed by atoms with Gasteiger partial charge in [-0.1, -0.05) is 0 Å². The van der Waals surface area contributed by atoms with Crippen molar-refractivity contribution in [1.29, 1.82) is 0 Å². The van der Waals surface area contributed by atoms with Crippen molar-refractivity contribution in [2.24, 2.45) is 0 Å². The summed E-state index contributed by atoms with van der Waals surface area (Å²) in [6, 6.07) is 0. The van der Waals surface area contributed by atoms with Crippen molar-refractivity contribution >= 4 is 23.4 Å². The molecule has 1 aromatic heterocycles. The molecule has 1 aromatic rings. The van der Waals surface area contributed by atoms with Crippen LogP contribution in [-0.2, 0) is 9.53 Å². The van der Waals surface area contributed by atoms with E-state index < -0.39 is 11.8 Å². The van der Waals surface area contributed by atoms with Crippen LogP contribution in [0.1, 0.15) is 10.7 Å². The number of nitrogens with zero attached hydrogens (tertiary/aromatic N) is 1. The van der Waals surface area contributed by atoms with Crippen LogP contribution in [0.2, 0.25) is 0 Å². The van der Waals surface area contributed by atoms with Crippen LogP contribution in [0, 0.1) is 6.92 Å². The summed E-state index contributed by atoms with van der Waals surface area (Å²) in [7, 11) is 1.13. The second kappa shape index (κ2) is 4.13. The molecule has 0 atom stereocenters. The summed E-state index contributed by atoms with van der Waals surface area (Å²) in [6.07, 6.45) is 1.05. The molecule has 0 N–H and O–H groups in total. The summed E-state index contributed by atoms with van der Waals surface area (Å²) in [5, 5.41) is 2.49. The highest BCUT2D eigenvalue weighted by Crippen LogP contribution is 2.12. The Morgan fingerprint density at radius 2 is 2.46 bits per heavy atom. The normalized spacial score (nSPS) is 11.5. The number of esters is 1.